The highest BCUT2D eigenvalue weighted by molar-refractivity contribution is 7.16. The van der Waals surface area contributed by atoms with E-state index in [0.29, 0.717) is 6.54 Å². The summed E-state index contributed by atoms with van der Waals surface area (Å²) in [6, 6.07) is 3.80. The monoisotopic (exact) mass is 247 g/mol. The van der Waals surface area contributed by atoms with E-state index in [1.54, 1.807) is 0 Å². The summed E-state index contributed by atoms with van der Waals surface area (Å²) < 4.78 is 0.742. The van der Waals surface area contributed by atoms with E-state index < -0.39 is 6.61 Å². The van der Waals surface area contributed by atoms with Gasteiger partial charge in [-0.1, -0.05) is 25.4 Å². The van der Waals surface area contributed by atoms with Gasteiger partial charge in [-0.3, -0.25) is 4.79 Å². The third-order valence-electron chi connectivity index (χ3n) is 2.11. The highest BCUT2D eigenvalue weighted by atomic mass is 35.5. The average Bonchev–Trinajstić information content (AvgIpc) is 2.62. The van der Waals surface area contributed by atoms with E-state index in [2.05, 4.69) is 5.32 Å². The first-order valence-corrected chi connectivity index (χ1v) is 5.78. The molecule has 0 fully saturated rings. The molecule has 0 aliphatic carbocycles. The molecule has 0 unspecified atom stereocenters. The molecule has 0 radical (unpaired) electrons. The van der Waals surface area contributed by atoms with Crippen LogP contribution in [0, 0.1) is 0 Å². The summed E-state index contributed by atoms with van der Waals surface area (Å²) in [5.74, 6) is -0.356. The zero-order chi connectivity index (χ0) is 11.5. The average molecular weight is 248 g/mol. The molecule has 84 valence electrons. The van der Waals surface area contributed by atoms with Crippen molar-refractivity contribution in [3.05, 3.63) is 21.3 Å². The van der Waals surface area contributed by atoms with Gasteiger partial charge >= 0.3 is 0 Å². The minimum absolute atomic E-state index is 0.164. The normalized spacial score (nSPS) is 11.5. The summed E-state index contributed by atoms with van der Waals surface area (Å²) >= 11 is 7.35. The molecule has 2 N–H and O–H groups in total. The van der Waals surface area contributed by atoms with Crippen LogP contribution in [-0.2, 0) is 10.2 Å². The number of nitrogens with one attached hydrogen (secondary N) is 1. The molecule has 0 atom stereocenters. The Hall–Kier alpha value is -0.580. The number of amides is 1. The fourth-order valence-electron chi connectivity index (χ4n) is 1.14. The fraction of sp³-hybridized carbons (Fsp3) is 0.500. The first-order chi connectivity index (χ1) is 6.95. The summed E-state index contributed by atoms with van der Waals surface area (Å²) in [5, 5.41) is 11.2. The zero-order valence-electron chi connectivity index (χ0n) is 8.71. The second-order valence-corrected chi connectivity index (χ2v) is 5.64. The molecule has 0 aliphatic heterocycles. The van der Waals surface area contributed by atoms with Gasteiger partial charge in [0.1, 0.15) is 6.61 Å². The van der Waals surface area contributed by atoms with Crippen molar-refractivity contribution in [2.45, 2.75) is 19.3 Å². The third kappa shape index (κ3) is 3.48. The maximum Gasteiger partial charge on any atom is 0.245 e. The van der Waals surface area contributed by atoms with Gasteiger partial charge in [-0.25, -0.2) is 0 Å². The molecule has 3 nitrogen and oxygen atoms in total. The van der Waals surface area contributed by atoms with Gasteiger partial charge in [0, 0.05) is 16.8 Å². The summed E-state index contributed by atoms with van der Waals surface area (Å²) in [4.78, 5) is 12.0. The highest BCUT2D eigenvalue weighted by Crippen LogP contribution is 2.31. The lowest BCUT2D eigenvalue weighted by Crippen LogP contribution is -2.37. The van der Waals surface area contributed by atoms with Crippen molar-refractivity contribution in [3.8, 4) is 0 Å². The standard InChI is InChI=1S/C10H14ClNO2S/c1-10(2,6-12-9(14)5-13)7-3-4-8(11)15-7/h3-4,13H,5-6H2,1-2H3,(H,12,14). The molecule has 15 heavy (non-hydrogen) atoms. The molecule has 1 rings (SSSR count). The molecule has 0 aliphatic rings. The van der Waals surface area contributed by atoms with Crippen LogP contribution in [0.15, 0.2) is 12.1 Å². The molecular formula is C10H14ClNO2S. The number of carbonyl (C=O) groups excluding carboxylic acids is 1. The number of carbonyl (C=O) groups is 1. The first kappa shape index (κ1) is 12.5. The minimum atomic E-state index is -0.471. The van der Waals surface area contributed by atoms with Gasteiger partial charge in [-0.2, -0.15) is 0 Å². The summed E-state index contributed by atoms with van der Waals surface area (Å²) in [6.07, 6.45) is 0. The summed E-state index contributed by atoms with van der Waals surface area (Å²) in [5.41, 5.74) is -0.164. The van der Waals surface area contributed by atoms with Gasteiger partial charge < -0.3 is 10.4 Å². The third-order valence-corrected chi connectivity index (χ3v) is 3.71. The van der Waals surface area contributed by atoms with Crippen molar-refractivity contribution in [3.63, 3.8) is 0 Å². The Labute approximate surface area is 98.1 Å². The van der Waals surface area contributed by atoms with Crippen LogP contribution in [-0.4, -0.2) is 24.2 Å². The van der Waals surface area contributed by atoms with Gasteiger partial charge in [0.25, 0.3) is 0 Å². The lowest BCUT2D eigenvalue weighted by Gasteiger charge is -2.23. The summed E-state index contributed by atoms with van der Waals surface area (Å²) in [6.45, 7) is 4.06. The minimum Gasteiger partial charge on any atom is -0.387 e. The van der Waals surface area contributed by atoms with E-state index >= 15 is 0 Å². The van der Waals surface area contributed by atoms with E-state index in [0.717, 1.165) is 9.21 Å². The fourth-order valence-corrected chi connectivity index (χ4v) is 2.28. The maximum absolute atomic E-state index is 10.9. The lowest BCUT2D eigenvalue weighted by molar-refractivity contribution is -0.124. The Bertz CT molecular complexity index is 349. The highest BCUT2D eigenvalue weighted by Gasteiger charge is 2.23. The molecule has 1 amide bonds. The number of thiophene rings is 1. The van der Waals surface area contributed by atoms with Gasteiger partial charge in [-0.15, -0.1) is 11.3 Å². The predicted octanol–water partition coefficient (Wildman–Crippen LogP) is 1.79. The Morgan fingerprint density at radius 2 is 2.27 bits per heavy atom. The number of rotatable bonds is 4. The van der Waals surface area contributed by atoms with Crippen molar-refractivity contribution < 1.29 is 9.90 Å². The van der Waals surface area contributed by atoms with Gasteiger partial charge in [0.2, 0.25) is 5.91 Å². The quantitative estimate of drug-likeness (QED) is 0.852. The van der Waals surface area contributed by atoms with Gasteiger partial charge in [-0.05, 0) is 12.1 Å². The van der Waals surface area contributed by atoms with Gasteiger partial charge in [0.15, 0.2) is 0 Å². The molecular weight excluding hydrogens is 234 g/mol. The van der Waals surface area contributed by atoms with Crippen LogP contribution < -0.4 is 5.32 Å². The van der Waals surface area contributed by atoms with Crippen molar-refractivity contribution in [2.75, 3.05) is 13.2 Å². The Balaban J connectivity index is 2.63. The van der Waals surface area contributed by atoms with E-state index in [1.807, 2.05) is 26.0 Å². The largest absolute Gasteiger partial charge is 0.387 e. The number of hydrogen-bond donors (Lipinski definition) is 2. The smallest absolute Gasteiger partial charge is 0.245 e. The van der Waals surface area contributed by atoms with Crippen molar-refractivity contribution in [1.82, 2.24) is 5.32 Å². The van der Waals surface area contributed by atoms with Crippen LogP contribution >= 0.6 is 22.9 Å². The van der Waals surface area contributed by atoms with Crippen LogP contribution in [0.5, 0.6) is 0 Å². The van der Waals surface area contributed by atoms with E-state index in [1.165, 1.54) is 11.3 Å². The van der Waals surface area contributed by atoms with Crippen molar-refractivity contribution >= 4 is 28.8 Å². The molecule has 0 saturated heterocycles. The first-order valence-electron chi connectivity index (χ1n) is 4.59. The van der Waals surface area contributed by atoms with E-state index in [4.69, 9.17) is 16.7 Å². The van der Waals surface area contributed by atoms with Crippen LogP contribution in [0.1, 0.15) is 18.7 Å². The Morgan fingerprint density at radius 3 is 2.73 bits per heavy atom. The van der Waals surface area contributed by atoms with Crippen LogP contribution in [0.3, 0.4) is 0 Å². The number of aliphatic hydroxyl groups excluding tert-OH is 1. The van der Waals surface area contributed by atoms with Crippen molar-refractivity contribution in [2.24, 2.45) is 0 Å². The predicted molar refractivity (Wildman–Crippen MR) is 62.5 cm³/mol. The second kappa shape index (κ2) is 4.96. The van der Waals surface area contributed by atoms with Crippen molar-refractivity contribution in [1.29, 1.82) is 0 Å². The topological polar surface area (TPSA) is 49.3 Å². The summed E-state index contributed by atoms with van der Waals surface area (Å²) in [7, 11) is 0. The van der Waals surface area contributed by atoms with Crippen LogP contribution in [0.25, 0.3) is 0 Å². The van der Waals surface area contributed by atoms with Gasteiger partial charge in [0.05, 0.1) is 4.34 Å². The molecule has 1 aromatic rings. The molecule has 1 aromatic heterocycles. The number of aliphatic hydroxyl groups is 1. The van der Waals surface area contributed by atoms with Crippen LogP contribution in [0.4, 0.5) is 0 Å². The molecule has 1 heterocycles. The second-order valence-electron chi connectivity index (χ2n) is 3.92. The van der Waals surface area contributed by atoms with E-state index in [-0.39, 0.29) is 11.3 Å². The molecule has 5 heteroatoms. The Kier molecular flexibility index (Phi) is 4.13. The maximum atomic E-state index is 10.9. The molecule has 0 spiro atoms. The van der Waals surface area contributed by atoms with Crippen LogP contribution in [0.2, 0.25) is 4.34 Å². The Morgan fingerprint density at radius 1 is 1.60 bits per heavy atom. The molecule has 0 bridgehead atoms. The SMILES string of the molecule is CC(C)(CNC(=O)CO)c1ccc(Cl)s1. The number of halogens is 1. The zero-order valence-corrected chi connectivity index (χ0v) is 10.3. The molecule has 0 saturated carbocycles. The number of hydrogen-bond acceptors (Lipinski definition) is 3. The lowest BCUT2D eigenvalue weighted by atomic mass is 9.91. The van der Waals surface area contributed by atoms with E-state index in [9.17, 15) is 4.79 Å². The molecule has 0 aromatic carbocycles.